The molecule has 19 heavy (non-hydrogen) atoms. The first-order valence-corrected chi connectivity index (χ1v) is 6.23. The molecular formula is C12H11BrN4O2. The van der Waals surface area contributed by atoms with E-state index in [1.54, 1.807) is 29.2 Å². The minimum atomic E-state index is -0.426. The molecule has 0 amide bonds. The van der Waals surface area contributed by atoms with Crippen LogP contribution in [0.5, 0.6) is 0 Å². The van der Waals surface area contributed by atoms with Crippen LogP contribution < -0.4 is 5.32 Å². The van der Waals surface area contributed by atoms with E-state index in [2.05, 4.69) is 32.9 Å². The first kappa shape index (κ1) is 13.3. The average molecular weight is 323 g/mol. The fraction of sp³-hybridized carbons (Fsp3) is 0.0833. The second-order valence-electron chi connectivity index (χ2n) is 3.79. The van der Waals surface area contributed by atoms with Crippen LogP contribution in [0.3, 0.4) is 0 Å². The fourth-order valence-electron chi connectivity index (χ4n) is 1.54. The molecule has 1 aromatic heterocycles. The third kappa shape index (κ3) is 3.19. The molecule has 0 aliphatic rings. The van der Waals surface area contributed by atoms with Gasteiger partial charge in [-0.25, -0.2) is 4.68 Å². The number of anilines is 1. The first-order valence-electron chi connectivity index (χ1n) is 5.43. The number of hydrogen-bond acceptors (Lipinski definition) is 4. The van der Waals surface area contributed by atoms with Gasteiger partial charge in [-0.3, -0.25) is 10.1 Å². The molecule has 6 nitrogen and oxygen atoms in total. The SMILES string of the molecule is C=Cn1cc(CNc2ccc(Br)c([N+](=O)[O-])c2)cn1. The van der Waals surface area contributed by atoms with Gasteiger partial charge in [0.05, 0.1) is 15.6 Å². The summed E-state index contributed by atoms with van der Waals surface area (Å²) in [6, 6.07) is 4.91. The predicted octanol–water partition coefficient (Wildman–Crippen LogP) is 3.27. The third-order valence-corrected chi connectivity index (χ3v) is 3.15. The van der Waals surface area contributed by atoms with Gasteiger partial charge in [0, 0.05) is 36.3 Å². The van der Waals surface area contributed by atoms with E-state index in [1.165, 1.54) is 6.07 Å². The maximum absolute atomic E-state index is 10.8. The Labute approximate surface area is 118 Å². The smallest absolute Gasteiger partial charge is 0.285 e. The zero-order valence-corrected chi connectivity index (χ0v) is 11.5. The van der Waals surface area contributed by atoms with Crippen molar-refractivity contribution in [3.63, 3.8) is 0 Å². The Bertz CT molecular complexity index is 624. The van der Waals surface area contributed by atoms with Crippen LogP contribution in [0.4, 0.5) is 11.4 Å². The standard InChI is InChI=1S/C12H11BrN4O2/c1-2-16-8-9(7-15-16)6-14-10-3-4-11(13)12(5-10)17(18)19/h2-5,7-8,14H,1,6H2. The lowest BCUT2D eigenvalue weighted by Crippen LogP contribution is -1.99. The lowest BCUT2D eigenvalue weighted by molar-refractivity contribution is -0.385. The largest absolute Gasteiger partial charge is 0.381 e. The van der Waals surface area contributed by atoms with Crippen LogP contribution in [0.15, 0.2) is 41.6 Å². The molecule has 0 spiro atoms. The molecule has 0 fully saturated rings. The zero-order valence-electron chi connectivity index (χ0n) is 9.91. The topological polar surface area (TPSA) is 73.0 Å². The summed E-state index contributed by atoms with van der Waals surface area (Å²) in [4.78, 5) is 10.4. The molecule has 0 saturated heterocycles. The Morgan fingerprint density at radius 3 is 3.00 bits per heavy atom. The predicted molar refractivity (Wildman–Crippen MR) is 76.7 cm³/mol. The van der Waals surface area contributed by atoms with Gasteiger partial charge in [-0.2, -0.15) is 5.10 Å². The van der Waals surface area contributed by atoms with Crippen molar-refractivity contribution in [3.05, 3.63) is 57.3 Å². The molecule has 1 N–H and O–H groups in total. The van der Waals surface area contributed by atoms with E-state index in [4.69, 9.17) is 0 Å². The van der Waals surface area contributed by atoms with Crippen LogP contribution in [-0.2, 0) is 6.54 Å². The quantitative estimate of drug-likeness (QED) is 0.677. The molecule has 0 atom stereocenters. The van der Waals surface area contributed by atoms with Crippen LogP contribution in [0.1, 0.15) is 5.56 Å². The molecule has 0 aliphatic heterocycles. The number of aromatic nitrogens is 2. The Balaban J connectivity index is 2.09. The number of benzene rings is 1. The Kier molecular flexibility index (Phi) is 3.96. The minimum Gasteiger partial charge on any atom is -0.381 e. The summed E-state index contributed by atoms with van der Waals surface area (Å²) < 4.78 is 2.06. The lowest BCUT2D eigenvalue weighted by Gasteiger charge is -2.05. The van der Waals surface area contributed by atoms with E-state index in [9.17, 15) is 10.1 Å². The van der Waals surface area contributed by atoms with E-state index in [0.717, 1.165) is 5.56 Å². The Morgan fingerprint density at radius 2 is 2.37 bits per heavy atom. The van der Waals surface area contributed by atoms with Crippen molar-refractivity contribution < 1.29 is 4.92 Å². The van der Waals surface area contributed by atoms with Gasteiger partial charge in [0.2, 0.25) is 0 Å². The summed E-state index contributed by atoms with van der Waals surface area (Å²) in [5, 5.41) is 18.0. The number of nitrogens with zero attached hydrogens (tertiary/aromatic N) is 3. The highest BCUT2D eigenvalue weighted by atomic mass is 79.9. The highest BCUT2D eigenvalue weighted by Crippen LogP contribution is 2.27. The van der Waals surface area contributed by atoms with Crippen molar-refractivity contribution in [2.75, 3.05) is 5.32 Å². The third-order valence-electron chi connectivity index (χ3n) is 2.48. The molecule has 7 heteroatoms. The number of hydrogen-bond donors (Lipinski definition) is 1. The van der Waals surface area contributed by atoms with Crippen LogP contribution in [0.2, 0.25) is 0 Å². The Morgan fingerprint density at radius 1 is 1.58 bits per heavy atom. The fourth-order valence-corrected chi connectivity index (χ4v) is 1.93. The second-order valence-corrected chi connectivity index (χ2v) is 4.64. The number of nitro groups is 1. The van der Waals surface area contributed by atoms with Crippen LogP contribution in [0.25, 0.3) is 6.20 Å². The van der Waals surface area contributed by atoms with E-state index < -0.39 is 4.92 Å². The number of halogens is 1. The second kappa shape index (κ2) is 5.66. The normalized spacial score (nSPS) is 10.2. The average Bonchev–Trinajstić information content (AvgIpc) is 2.85. The van der Waals surface area contributed by atoms with Gasteiger partial charge in [0.25, 0.3) is 5.69 Å². The molecule has 1 heterocycles. The molecule has 1 aromatic carbocycles. The van der Waals surface area contributed by atoms with Crippen molar-refractivity contribution in [3.8, 4) is 0 Å². The maximum atomic E-state index is 10.8. The summed E-state index contributed by atoms with van der Waals surface area (Å²) in [7, 11) is 0. The molecule has 0 aliphatic carbocycles. The van der Waals surface area contributed by atoms with E-state index >= 15 is 0 Å². The summed E-state index contributed by atoms with van der Waals surface area (Å²) >= 11 is 3.15. The van der Waals surface area contributed by atoms with Gasteiger partial charge < -0.3 is 5.32 Å². The van der Waals surface area contributed by atoms with Crippen LogP contribution >= 0.6 is 15.9 Å². The molecule has 98 valence electrons. The monoisotopic (exact) mass is 322 g/mol. The summed E-state index contributed by atoms with van der Waals surface area (Å²) in [6.07, 6.45) is 5.13. The highest BCUT2D eigenvalue weighted by Gasteiger charge is 2.12. The molecular weight excluding hydrogens is 312 g/mol. The highest BCUT2D eigenvalue weighted by molar-refractivity contribution is 9.10. The van der Waals surface area contributed by atoms with Gasteiger partial charge >= 0.3 is 0 Å². The molecule has 0 radical (unpaired) electrons. The van der Waals surface area contributed by atoms with E-state index in [-0.39, 0.29) is 5.69 Å². The van der Waals surface area contributed by atoms with Crippen molar-refractivity contribution in [1.82, 2.24) is 9.78 Å². The molecule has 0 unspecified atom stereocenters. The summed E-state index contributed by atoms with van der Waals surface area (Å²) in [5.41, 5.74) is 1.68. The minimum absolute atomic E-state index is 0.0341. The molecule has 2 rings (SSSR count). The van der Waals surface area contributed by atoms with Gasteiger partial charge in [0.1, 0.15) is 0 Å². The lowest BCUT2D eigenvalue weighted by atomic mass is 10.2. The number of nitrogens with one attached hydrogen (secondary N) is 1. The van der Waals surface area contributed by atoms with Crippen molar-refractivity contribution in [2.24, 2.45) is 0 Å². The number of rotatable bonds is 5. The first-order chi connectivity index (χ1) is 9.10. The summed E-state index contributed by atoms with van der Waals surface area (Å²) in [6.45, 7) is 4.14. The molecule has 0 bridgehead atoms. The van der Waals surface area contributed by atoms with Crippen molar-refractivity contribution in [2.45, 2.75) is 6.54 Å². The van der Waals surface area contributed by atoms with E-state index in [0.29, 0.717) is 16.7 Å². The van der Waals surface area contributed by atoms with Crippen molar-refractivity contribution >= 4 is 33.5 Å². The van der Waals surface area contributed by atoms with Crippen LogP contribution in [0, 0.1) is 10.1 Å². The maximum Gasteiger partial charge on any atom is 0.285 e. The number of nitro benzene ring substituents is 1. The zero-order chi connectivity index (χ0) is 13.8. The Hall–Kier alpha value is -2.15. The van der Waals surface area contributed by atoms with Gasteiger partial charge in [-0.05, 0) is 28.1 Å². The van der Waals surface area contributed by atoms with Crippen molar-refractivity contribution in [1.29, 1.82) is 0 Å². The van der Waals surface area contributed by atoms with E-state index in [1.807, 2.05) is 6.20 Å². The van der Waals surface area contributed by atoms with Gasteiger partial charge in [-0.1, -0.05) is 6.58 Å². The molecule has 0 saturated carbocycles. The van der Waals surface area contributed by atoms with Gasteiger partial charge in [0.15, 0.2) is 0 Å². The van der Waals surface area contributed by atoms with Gasteiger partial charge in [-0.15, -0.1) is 0 Å². The summed E-state index contributed by atoms with van der Waals surface area (Å²) in [5.74, 6) is 0. The van der Waals surface area contributed by atoms with Crippen LogP contribution in [-0.4, -0.2) is 14.7 Å². The molecule has 2 aromatic rings.